The summed E-state index contributed by atoms with van der Waals surface area (Å²) in [6, 6.07) is 13.0. The molecule has 7 heteroatoms. The van der Waals surface area contributed by atoms with E-state index < -0.39 is 5.91 Å². The van der Waals surface area contributed by atoms with E-state index in [0.29, 0.717) is 17.2 Å². The maximum absolute atomic E-state index is 12.2. The number of rotatable bonds is 5. The molecule has 2 aromatic rings. The predicted molar refractivity (Wildman–Crippen MR) is 113 cm³/mol. The zero-order chi connectivity index (χ0) is 20.7. The smallest absolute Gasteiger partial charge is 0.276 e. The Balaban J connectivity index is 1.76. The van der Waals surface area contributed by atoms with E-state index in [2.05, 4.69) is 30.0 Å². The first-order chi connectivity index (χ1) is 13.2. The number of hydrogen-bond acceptors (Lipinski definition) is 4. The monoisotopic (exact) mass is 399 g/mol. The van der Waals surface area contributed by atoms with Crippen LogP contribution in [0.1, 0.15) is 46.8 Å². The normalized spacial score (nSPS) is 10.3. The van der Waals surface area contributed by atoms with Gasteiger partial charge in [0.1, 0.15) is 5.75 Å². The summed E-state index contributed by atoms with van der Waals surface area (Å²) in [5.74, 6) is 0.236. The highest BCUT2D eigenvalue weighted by atomic mass is 32.1. The molecule has 148 valence electrons. The lowest BCUT2D eigenvalue weighted by Gasteiger charge is -2.12. The summed E-state index contributed by atoms with van der Waals surface area (Å²) < 4.78 is 5.46. The van der Waals surface area contributed by atoms with Gasteiger partial charge in [0.25, 0.3) is 11.8 Å². The number of ether oxygens (including phenoxy) is 1. The third-order valence-electron chi connectivity index (χ3n) is 3.95. The van der Waals surface area contributed by atoms with E-state index in [1.807, 2.05) is 44.2 Å². The highest BCUT2D eigenvalue weighted by Crippen LogP contribution is 2.16. The summed E-state index contributed by atoms with van der Waals surface area (Å²) in [6.07, 6.45) is 0. The number of nitrogens with one attached hydrogen (secondary N) is 3. The van der Waals surface area contributed by atoms with Crippen LogP contribution in [0.25, 0.3) is 0 Å². The van der Waals surface area contributed by atoms with Gasteiger partial charge in [0.05, 0.1) is 0 Å². The fourth-order valence-corrected chi connectivity index (χ4v) is 2.70. The second kappa shape index (κ2) is 9.85. The molecule has 6 nitrogen and oxygen atoms in total. The van der Waals surface area contributed by atoms with E-state index in [0.717, 1.165) is 16.7 Å². The van der Waals surface area contributed by atoms with E-state index >= 15 is 0 Å². The number of amides is 2. The molecule has 0 fully saturated rings. The van der Waals surface area contributed by atoms with E-state index in [-0.39, 0.29) is 17.6 Å². The molecule has 2 rings (SSSR count). The van der Waals surface area contributed by atoms with Gasteiger partial charge in [-0.2, -0.15) is 0 Å². The molecule has 0 spiro atoms. The highest BCUT2D eigenvalue weighted by molar-refractivity contribution is 7.80. The molecule has 0 atom stereocenters. The number of thiocarbonyl (C=S) groups is 1. The summed E-state index contributed by atoms with van der Waals surface area (Å²) in [4.78, 5) is 24.1. The summed E-state index contributed by atoms with van der Waals surface area (Å²) in [7, 11) is 0. The SMILES string of the molecule is Cc1cc(C)cc(OCC(=O)NNC(=S)NC(=O)c2ccc(C(C)C)cc2)c1. The number of carbonyl (C=O) groups excluding carboxylic acids is 2. The molecule has 2 aromatic carbocycles. The van der Waals surface area contributed by atoms with E-state index in [1.54, 1.807) is 12.1 Å². The Morgan fingerprint density at radius 1 is 1.00 bits per heavy atom. The van der Waals surface area contributed by atoms with Crippen molar-refractivity contribution in [1.29, 1.82) is 0 Å². The van der Waals surface area contributed by atoms with Gasteiger partial charge >= 0.3 is 0 Å². The van der Waals surface area contributed by atoms with Crippen molar-refractivity contribution >= 4 is 29.1 Å². The lowest BCUT2D eigenvalue weighted by molar-refractivity contribution is -0.123. The molecular formula is C21H25N3O3S. The number of aryl methyl sites for hydroxylation is 2. The van der Waals surface area contributed by atoms with Gasteiger partial charge in [0.2, 0.25) is 0 Å². The Kier molecular flexibility index (Phi) is 7.52. The van der Waals surface area contributed by atoms with Crippen molar-refractivity contribution in [3.05, 3.63) is 64.7 Å². The molecule has 3 N–H and O–H groups in total. The van der Waals surface area contributed by atoms with Crippen molar-refractivity contribution in [2.24, 2.45) is 0 Å². The zero-order valence-corrected chi connectivity index (χ0v) is 17.3. The van der Waals surface area contributed by atoms with Gasteiger partial charge < -0.3 is 4.74 Å². The molecule has 0 aliphatic rings. The molecule has 0 radical (unpaired) electrons. The van der Waals surface area contributed by atoms with Crippen molar-refractivity contribution in [1.82, 2.24) is 16.2 Å². The first kappa shape index (κ1) is 21.4. The summed E-state index contributed by atoms with van der Waals surface area (Å²) in [5.41, 5.74) is 8.62. The number of benzene rings is 2. The Labute approximate surface area is 170 Å². The maximum Gasteiger partial charge on any atom is 0.276 e. The molecule has 0 aliphatic heterocycles. The predicted octanol–water partition coefficient (Wildman–Crippen LogP) is 3.14. The Bertz CT molecular complexity index is 843. The maximum atomic E-state index is 12.2. The van der Waals surface area contributed by atoms with Crippen molar-refractivity contribution in [2.45, 2.75) is 33.6 Å². The van der Waals surface area contributed by atoms with Crippen LogP contribution >= 0.6 is 12.2 Å². The minimum absolute atomic E-state index is 0.00214. The van der Waals surface area contributed by atoms with Gasteiger partial charge in [-0.3, -0.25) is 25.8 Å². The van der Waals surface area contributed by atoms with Crippen LogP contribution < -0.4 is 20.9 Å². The average Bonchev–Trinajstić information content (AvgIpc) is 2.64. The van der Waals surface area contributed by atoms with E-state index in [4.69, 9.17) is 17.0 Å². The van der Waals surface area contributed by atoms with Crippen molar-refractivity contribution < 1.29 is 14.3 Å². The second-order valence-electron chi connectivity index (χ2n) is 6.85. The molecule has 0 aromatic heterocycles. The first-order valence-electron chi connectivity index (χ1n) is 8.96. The minimum Gasteiger partial charge on any atom is -0.484 e. The Morgan fingerprint density at radius 2 is 1.61 bits per heavy atom. The van der Waals surface area contributed by atoms with Crippen LogP contribution in [0, 0.1) is 13.8 Å². The fourth-order valence-electron chi connectivity index (χ4n) is 2.55. The number of carbonyl (C=O) groups is 2. The van der Waals surface area contributed by atoms with Crippen LogP contribution in [0.4, 0.5) is 0 Å². The molecule has 2 amide bonds. The van der Waals surface area contributed by atoms with Gasteiger partial charge in [0.15, 0.2) is 11.7 Å². The number of hydrogen-bond donors (Lipinski definition) is 3. The largest absolute Gasteiger partial charge is 0.484 e. The van der Waals surface area contributed by atoms with Crippen molar-refractivity contribution in [3.63, 3.8) is 0 Å². The van der Waals surface area contributed by atoms with Gasteiger partial charge in [-0.15, -0.1) is 0 Å². The number of hydrazine groups is 1. The van der Waals surface area contributed by atoms with Crippen LogP contribution in [0.15, 0.2) is 42.5 Å². The zero-order valence-electron chi connectivity index (χ0n) is 16.5. The van der Waals surface area contributed by atoms with Crippen LogP contribution in [-0.4, -0.2) is 23.5 Å². The molecule has 0 aliphatic carbocycles. The quantitative estimate of drug-likeness (QED) is 0.532. The molecule has 0 bridgehead atoms. The topological polar surface area (TPSA) is 79.5 Å². The lowest BCUT2D eigenvalue weighted by atomic mass is 10.0. The van der Waals surface area contributed by atoms with Gasteiger partial charge in [-0.1, -0.05) is 32.0 Å². The second-order valence-corrected chi connectivity index (χ2v) is 7.25. The Hall–Kier alpha value is -2.93. The molecule has 0 heterocycles. The molecule has 0 saturated carbocycles. The molecule has 0 unspecified atom stereocenters. The summed E-state index contributed by atoms with van der Waals surface area (Å²) >= 11 is 5.03. The lowest BCUT2D eigenvalue weighted by Crippen LogP contribution is -2.49. The van der Waals surface area contributed by atoms with E-state index in [1.165, 1.54) is 0 Å². The third kappa shape index (κ3) is 6.66. The van der Waals surface area contributed by atoms with Crippen LogP contribution in [-0.2, 0) is 4.79 Å². The van der Waals surface area contributed by atoms with Gasteiger partial charge in [-0.05, 0) is 72.9 Å². The van der Waals surface area contributed by atoms with Crippen LogP contribution in [0.5, 0.6) is 5.75 Å². The molecular weight excluding hydrogens is 374 g/mol. The van der Waals surface area contributed by atoms with Crippen molar-refractivity contribution in [2.75, 3.05) is 6.61 Å². The average molecular weight is 400 g/mol. The van der Waals surface area contributed by atoms with Gasteiger partial charge in [-0.25, -0.2) is 0 Å². The van der Waals surface area contributed by atoms with Crippen LogP contribution in [0.3, 0.4) is 0 Å². The minimum atomic E-state index is -0.419. The van der Waals surface area contributed by atoms with E-state index in [9.17, 15) is 9.59 Å². The highest BCUT2D eigenvalue weighted by Gasteiger charge is 2.10. The van der Waals surface area contributed by atoms with Gasteiger partial charge in [0, 0.05) is 5.56 Å². The summed E-state index contributed by atoms with van der Waals surface area (Å²) in [5, 5.41) is 2.51. The summed E-state index contributed by atoms with van der Waals surface area (Å²) in [6.45, 7) is 7.91. The van der Waals surface area contributed by atoms with Crippen LogP contribution in [0.2, 0.25) is 0 Å². The third-order valence-corrected chi connectivity index (χ3v) is 4.15. The fraction of sp³-hybridized carbons (Fsp3) is 0.286. The Morgan fingerprint density at radius 3 is 2.18 bits per heavy atom. The molecule has 28 heavy (non-hydrogen) atoms. The standard InChI is InChI=1S/C21H25N3O3S/c1-13(2)16-5-7-17(8-6-16)20(26)22-21(28)24-23-19(25)12-27-18-10-14(3)9-15(4)11-18/h5-11,13H,12H2,1-4H3,(H,23,25)(H2,22,24,26,28). The van der Waals surface area contributed by atoms with Crippen molar-refractivity contribution in [3.8, 4) is 5.75 Å². The first-order valence-corrected chi connectivity index (χ1v) is 9.36. The molecule has 0 saturated heterocycles.